The fraction of sp³-hybridized carbons (Fsp3) is 0.158. The van der Waals surface area contributed by atoms with Crippen LogP contribution in [-0.4, -0.2) is 17.0 Å². The van der Waals surface area contributed by atoms with Gasteiger partial charge in [0.1, 0.15) is 5.82 Å². The summed E-state index contributed by atoms with van der Waals surface area (Å²) in [6.45, 7) is 3.94. The first-order chi connectivity index (χ1) is 11.5. The molecule has 24 heavy (non-hydrogen) atoms. The van der Waals surface area contributed by atoms with Gasteiger partial charge in [-0.15, -0.1) is 0 Å². The molecule has 1 aromatic heterocycles. The Balaban J connectivity index is 1.93. The lowest BCUT2D eigenvalue weighted by Gasteiger charge is -2.19. The minimum absolute atomic E-state index is 0.642. The van der Waals surface area contributed by atoms with Gasteiger partial charge in [-0.05, 0) is 43.7 Å². The number of nitrogens with one attached hydrogen (secondary N) is 1. The average Bonchev–Trinajstić information content (AvgIpc) is 2.58. The molecule has 0 fully saturated rings. The Morgan fingerprint density at radius 1 is 0.958 bits per heavy atom. The van der Waals surface area contributed by atoms with Gasteiger partial charge >= 0.3 is 0 Å². The predicted octanol–water partition coefficient (Wildman–Crippen LogP) is 5.26. The van der Waals surface area contributed by atoms with E-state index in [0.29, 0.717) is 5.95 Å². The van der Waals surface area contributed by atoms with Gasteiger partial charge in [0.05, 0.1) is 0 Å². The molecule has 2 aromatic carbocycles. The first-order valence-electron chi connectivity index (χ1n) is 7.71. The topological polar surface area (TPSA) is 41.1 Å². The quantitative estimate of drug-likeness (QED) is 0.704. The third-order valence-electron chi connectivity index (χ3n) is 3.82. The SMILES string of the molecule is Cc1cc(Nc2cccc(Cl)c2C)nc(N(C)c2ccccc2)n1. The fourth-order valence-corrected chi connectivity index (χ4v) is 2.59. The van der Waals surface area contributed by atoms with E-state index in [4.69, 9.17) is 11.6 Å². The molecule has 0 saturated carbocycles. The average molecular weight is 339 g/mol. The highest BCUT2D eigenvalue weighted by molar-refractivity contribution is 6.31. The maximum atomic E-state index is 6.19. The van der Waals surface area contributed by atoms with Crippen molar-refractivity contribution in [2.45, 2.75) is 13.8 Å². The minimum atomic E-state index is 0.642. The van der Waals surface area contributed by atoms with Crippen LogP contribution in [0, 0.1) is 13.8 Å². The Bertz CT molecular complexity index is 849. The van der Waals surface area contributed by atoms with Gasteiger partial charge in [-0.25, -0.2) is 4.98 Å². The van der Waals surface area contributed by atoms with E-state index in [1.165, 1.54) is 0 Å². The van der Waals surface area contributed by atoms with Gasteiger partial charge in [0, 0.05) is 35.2 Å². The molecule has 4 nitrogen and oxygen atoms in total. The summed E-state index contributed by atoms with van der Waals surface area (Å²) < 4.78 is 0. The van der Waals surface area contributed by atoms with E-state index in [0.717, 1.165) is 33.5 Å². The molecule has 1 N–H and O–H groups in total. The summed E-state index contributed by atoms with van der Waals surface area (Å²) >= 11 is 6.19. The van der Waals surface area contributed by atoms with E-state index < -0.39 is 0 Å². The molecule has 0 aliphatic carbocycles. The standard InChI is InChI=1S/C19H19ClN4/c1-13-12-18(22-17-11-7-10-16(20)14(17)2)23-19(21-13)24(3)15-8-5-4-6-9-15/h4-12H,1-3H3,(H,21,22,23). The zero-order chi connectivity index (χ0) is 17.1. The lowest BCUT2D eigenvalue weighted by molar-refractivity contribution is 1.02. The van der Waals surface area contributed by atoms with Crippen molar-refractivity contribution >= 4 is 34.7 Å². The molecule has 0 aliphatic rings. The maximum Gasteiger partial charge on any atom is 0.231 e. The second-order valence-corrected chi connectivity index (χ2v) is 6.03. The van der Waals surface area contributed by atoms with E-state index >= 15 is 0 Å². The molecule has 0 bridgehead atoms. The van der Waals surface area contributed by atoms with Crippen molar-refractivity contribution in [2.75, 3.05) is 17.3 Å². The Morgan fingerprint density at radius 3 is 2.46 bits per heavy atom. The minimum Gasteiger partial charge on any atom is -0.340 e. The Morgan fingerprint density at radius 2 is 1.71 bits per heavy atom. The maximum absolute atomic E-state index is 6.19. The second-order valence-electron chi connectivity index (χ2n) is 5.63. The third kappa shape index (κ3) is 3.49. The van der Waals surface area contributed by atoms with Crippen molar-refractivity contribution in [1.29, 1.82) is 0 Å². The Labute approximate surface area is 147 Å². The van der Waals surface area contributed by atoms with Crippen molar-refractivity contribution < 1.29 is 0 Å². The molecular weight excluding hydrogens is 320 g/mol. The summed E-state index contributed by atoms with van der Waals surface area (Å²) in [4.78, 5) is 11.1. The first-order valence-corrected chi connectivity index (χ1v) is 8.09. The van der Waals surface area contributed by atoms with Crippen LogP contribution in [-0.2, 0) is 0 Å². The van der Waals surface area contributed by atoms with Crippen LogP contribution >= 0.6 is 11.6 Å². The molecular formula is C19H19ClN4. The highest BCUT2D eigenvalue weighted by atomic mass is 35.5. The molecule has 0 atom stereocenters. The van der Waals surface area contributed by atoms with Crippen molar-refractivity contribution in [3.63, 3.8) is 0 Å². The third-order valence-corrected chi connectivity index (χ3v) is 4.23. The van der Waals surface area contributed by atoms with Crippen molar-refractivity contribution in [3.05, 3.63) is 70.9 Å². The number of anilines is 4. The summed E-state index contributed by atoms with van der Waals surface area (Å²) in [6, 6.07) is 17.7. The lowest BCUT2D eigenvalue weighted by atomic mass is 10.2. The summed E-state index contributed by atoms with van der Waals surface area (Å²) in [7, 11) is 1.96. The number of halogens is 1. The number of aromatic nitrogens is 2. The van der Waals surface area contributed by atoms with E-state index in [-0.39, 0.29) is 0 Å². The predicted molar refractivity (Wildman–Crippen MR) is 101 cm³/mol. The van der Waals surface area contributed by atoms with Crippen LogP contribution in [0.3, 0.4) is 0 Å². The number of hydrogen-bond acceptors (Lipinski definition) is 4. The van der Waals surface area contributed by atoms with E-state index in [1.807, 2.05) is 80.4 Å². The van der Waals surface area contributed by atoms with E-state index in [2.05, 4.69) is 15.3 Å². The molecule has 3 rings (SSSR count). The molecule has 0 spiro atoms. The zero-order valence-corrected chi connectivity index (χ0v) is 14.7. The van der Waals surface area contributed by atoms with Crippen LogP contribution in [0.4, 0.5) is 23.1 Å². The molecule has 0 amide bonds. The Hall–Kier alpha value is -2.59. The summed E-state index contributed by atoms with van der Waals surface area (Å²) in [5.74, 6) is 1.38. The van der Waals surface area contributed by atoms with Gasteiger partial charge in [0.2, 0.25) is 5.95 Å². The van der Waals surface area contributed by atoms with Crippen LogP contribution in [0.25, 0.3) is 0 Å². The highest BCUT2D eigenvalue weighted by Gasteiger charge is 2.10. The fourth-order valence-electron chi connectivity index (χ4n) is 2.41. The van der Waals surface area contributed by atoms with Crippen molar-refractivity contribution in [1.82, 2.24) is 9.97 Å². The molecule has 5 heteroatoms. The van der Waals surface area contributed by atoms with Crippen LogP contribution in [0.15, 0.2) is 54.6 Å². The number of benzene rings is 2. The zero-order valence-electron chi connectivity index (χ0n) is 13.9. The molecule has 122 valence electrons. The molecule has 0 aliphatic heterocycles. The van der Waals surface area contributed by atoms with Gasteiger partial charge in [0.25, 0.3) is 0 Å². The van der Waals surface area contributed by atoms with Gasteiger partial charge in [0.15, 0.2) is 0 Å². The molecule has 1 heterocycles. The summed E-state index contributed by atoms with van der Waals surface area (Å²) in [5.41, 5.74) is 3.86. The lowest BCUT2D eigenvalue weighted by Crippen LogP contribution is -2.14. The second kappa shape index (κ2) is 6.89. The first kappa shape index (κ1) is 16.3. The number of hydrogen-bond donors (Lipinski definition) is 1. The van der Waals surface area contributed by atoms with Crippen LogP contribution in [0.5, 0.6) is 0 Å². The van der Waals surface area contributed by atoms with E-state index in [9.17, 15) is 0 Å². The Kier molecular flexibility index (Phi) is 4.67. The monoisotopic (exact) mass is 338 g/mol. The van der Waals surface area contributed by atoms with Crippen LogP contribution < -0.4 is 10.2 Å². The number of rotatable bonds is 4. The van der Waals surface area contributed by atoms with Crippen molar-refractivity contribution in [2.24, 2.45) is 0 Å². The highest BCUT2D eigenvalue weighted by Crippen LogP contribution is 2.27. The molecule has 0 radical (unpaired) electrons. The van der Waals surface area contributed by atoms with Gasteiger partial charge in [-0.3, -0.25) is 0 Å². The van der Waals surface area contributed by atoms with Crippen molar-refractivity contribution in [3.8, 4) is 0 Å². The normalized spacial score (nSPS) is 10.5. The number of nitrogens with zero attached hydrogens (tertiary/aromatic N) is 3. The van der Waals surface area contributed by atoms with E-state index in [1.54, 1.807) is 0 Å². The number of para-hydroxylation sites is 1. The van der Waals surface area contributed by atoms with Gasteiger partial charge in [-0.1, -0.05) is 35.9 Å². The van der Waals surface area contributed by atoms with Gasteiger partial charge in [-0.2, -0.15) is 4.98 Å². The smallest absolute Gasteiger partial charge is 0.231 e. The molecule has 3 aromatic rings. The summed E-state index contributed by atoms with van der Waals surface area (Å²) in [5, 5.41) is 4.07. The molecule has 0 saturated heterocycles. The number of aryl methyl sites for hydroxylation is 1. The van der Waals surface area contributed by atoms with Gasteiger partial charge < -0.3 is 10.2 Å². The van der Waals surface area contributed by atoms with Crippen LogP contribution in [0.1, 0.15) is 11.3 Å². The summed E-state index contributed by atoms with van der Waals surface area (Å²) in [6.07, 6.45) is 0. The van der Waals surface area contributed by atoms with Crippen LogP contribution in [0.2, 0.25) is 5.02 Å². The molecule has 0 unspecified atom stereocenters. The largest absolute Gasteiger partial charge is 0.340 e.